The van der Waals surface area contributed by atoms with Gasteiger partial charge in [-0.2, -0.15) is 0 Å². The Morgan fingerprint density at radius 2 is 0.700 bits per heavy atom. The molecule has 1 heteroatoms. The first kappa shape index (κ1) is 29.7. The molecule has 30 heavy (non-hydrogen) atoms. The quantitative estimate of drug-likeness (QED) is 0.141. The third-order valence-corrected chi connectivity index (χ3v) is 7.10. The number of hydrogen-bond acceptors (Lipinski definition) is 1. The van der Waals surface area contributed by atoms with Crippen molar-refractivity contribution < 1.29 is 4.79 Å². The van der Waals surface area contributed by atoms with Crippen LogP contribution >= 0.6 is 0 Å². The summed E-state index contributed by atoms with van der Waals surface area (Å²) in [5.41, 5.74) is 0. The minimum atomic E-state index is 0.332. The minimum Gasteiger partial charge on any atom is -0.299 e. The summed E-state index contributed by atoms with van der Waals surface area (Å²) in [7, 11) is 0. The second kappa shape index (κ2) is 23.3. The van der Waals surface area contributed by atoms with Crippen molar-refractivity contribution >= 4 is 5.78 Å². The average molecular weight is 423 g/mol. The fraction of sp³-hybridized carbons (Fsp3) is 0.966. The van der Waals surface area contributed by atoms with Gasteiger partial charge in [-0.05, 0) is 25.7 Å². The van der Waals surface area contributed by atoms with Crippen LogP contribution in [0.4, 0.5) is 0 Å². The Morgan fingerprint density at radius 3 is 0.967 bits per heavy atom. The molecule has 0 aliphatic carbocycles. The number of carbonyl (C=O) groups excluding carboxylic acids is 1. The lowest BCUT2D eigenvalue weighted by atomic mass is 9.83. The maximum absolute atomic E-state index is 13.0. The molecule has 180 valence electrons. The average Bonchev–Trinajstić information content (AvgIpc) is 2.76. The van der Waals surface area contributed by atoms with E-state index >= 15 is 0 Å². The summed E-state index contributed by atoms with van der Waals surface area (Å²) in [6.45, 7) is 9.01. The Kier molecular flexibility index (Phi) is 23.1. The van der Waals surface area contributed by atoms with Gasteiger partial charge in [0.2, 0.25) is 0 Å². The summed E-state index contributed by atoms with van der Waals surface area (Å²) >= 11 is 0. The van der Waals surface area contributed by atoms with Crippen LogP contribution in [0.25, 0.3) is 0 Å². The van der Waals surface area contributed by atoms with Crippen molar-refractivity contribution in [3.8, 4) is 0 Å². The van der Waals surface area contributed by atoms with Gasteiger partial charge in [-0.15, -0.1) is 0 Å². The van der Waals surface area contributed by atoms with Crippen LogP contribution in [0.5, 0.6) is 0 Å². The molecule has 0 radical (unpaired) electrons. The SMILES string of the molecule is CCCCCCCCCCCC(CC)C(=O)C(CC)CCCCCCCCCCC. The normalized spacial score (nSPS) is 13.5. The molecule has 0 N–H and O–H groups in total. The molecule has 0 saturated heterocycles. The predicted octanol–water partition coefficient (Wildman–Crippen LogP) is 10.4. The van der Waals surface area contributed by atoms with E-state index in [-0.39, 0.29) is 0 Å². The van der Waals surface area contributed by atoms with Crippen LogP contribution in [0.1, 0.15) is 169 Å². The van der Waals surface area contributed by atoms with Crippen molar-refractivity contribution in [1.82, 2.24) is 0 Å². The zero-order valence-electron chi connectivity index (χ0n) is 21.6. The third-order valence-electron chi connectivity index (χ3n) is 7.10. The fourth-order valence-electron chi connectivity index (χ4n) is 4.83. The Balaban J connectivity index is 3.83. The first-order valence-electron chi connectivity index (χ1n) is 14.2. The van der Waals surface area contributed by atoms with Gasteiger partial charge in [-0.1, -0.05) is 143 Å². The molecule has 0 amide bonds. The maximum atomic E-state index is 13.0. The van der Waals surface area contributed by atoms with Gasteiger partial charge in [-0.25, -0.2) is 0 Å². The van der Waals surface area contributed by atoms with Crippen molar-refractivity contribution in [3.05, 3.63) is 0 Å². The third kappa shape index (κ3) is 17.4. The van der Waals surface area contributed by atoms with E-state index in [0.29, 0.717) is 17.6 Å². The molecule has 0 aromatic rings. The van der Waals surface area contributed by atoms with Crippen LogP contribution in [0, 0.1) is 11.8 Å². The fourth-order valence-corrected chi connectivity index (χ4v) is 4.83. The van der Waals surface area contributed by atoms with E-state index in [1.807, 2.05) is 0 Å². The van der Waals surface area contributed by atoms with Gasteiger partial charge in [-0.3, -0.25) is 4.79 Å². The first-order valence-corrected chi connectivity index (χ1v) is 14.2. The van der Waals surface area contributed by atoms with Crippen molar-refractivity contribution in [1.29, 1.82) is 0 Å². The summed E-state index contributed by atoms with van der Waals surface area (Å²) in [4.78, 5) is 13.0. The first-order chi connectivity index (χ1) is 14.7. The molecular formula is C29H58O. The van der Waals surface area contributed by atoms with Crippen molar-refractivity contribution in [2.24, 2.45) is 11.8 Å². The minimum absolute atomic E-state index is 0.332. The molecule has 0 heterocycles. The standard InChI is InChI=1S/C29H58O/c1-5-9-11-13-15-17-19-21-23-25-27(7-3)29(30)28(8-4)26-24-22-20-18-16-14-12-10-6-2/h27-28H,5-26H2,1-4H3. The van der Waals surface area contributed by atoms with E-state index in [2.05, 4.69) is 27.7 Å². The van der Waals surface area contributed by atoms with Crippen LogP contribution < -0.4 is 0 Å². The topological polar surface area (TPSA) is 17.1 Å². The second-order valence-corrected chi connectivity index (χ2v) is 9.85. The molecular weight excluding hydrogens is 364 g/mol. The van der Waals surface area contributed by atoms with Crippen LogP contribution in [-0.2, 0) is 4.79 Å². The van der Waals surface area contributed by atoms with Crippen molar-refractivity contribution in [3.63, 3.8) is 0 Å². The molecule has 0 bridgehead atoms. The number of hydrogen-bond donors (Lipinski definition) is 0. The van der Waals surface area contributed by atoms with Crippen LogP contribution in [0.2, 0.25) is 0 Å². The predicted molar refractivity (Wildman–Crippen MR) is 136 cm³/mol. The molecule has 0 aliphatic rings. The molecule has 0 aromatic carbocycles. The van der Waals surface area contributed by atoms with E-state index in [4.69, 9.17) is 0 Å². The van der Waals surface area contributed by atoms with Gasteiger partial charge in [0, 0.05) is 11.8 Å². The van der Waals surface area contributed by atoms with Crippen molar-refractivity contribution in [2.45, 2.75) is 169 Å². The summed E-state index contributed by atoms with van der Waals surface area (Å²) < 4.78 is 0. The van der Waals surface area contributed by atoms with Gasteiger partial charge in [0.05, 0.1) is 0 Å². The Hall–Kier alpha value is -0.330. The van der Waals surface area contributed by atoms with Gasteiger partial charge >= 0.3 is 0 Å². The van der Waals surface area contributed by atoms with E-state index in [0.717, 1.165) is 25.7 Å². The maximum Gasteiger partial charge on any atom is 0.139 e. The van der Waals surface area contributed by atoms with Crippen LogP contribution in [-0.4, -0.2) is 5.78 Å². The van der Waals surface area contributed by atoms with E-state index < -0.39 is 0 Å². The van der Waals surface area contributed by atoms with Crippen molar-refractivity contribution in [2.75, 3.05) is 0 Å². The second-order valence-electron chi connectivity index (χ2n) is 9.85. The lowest BCUT2D eigenvalue weighted by Gasteiger charge is -2.21. The molecule has 0 aliphatic heterocycles. The molecule has 0 saturated carbocycles. The number of unbranched alkanes of at least 4 members (excludes halogenated alkanes) is 16. The highest BCUT2D eigenvalue weighted by Gasteiger charge is 2.23. The van der Waals surface area contributed by atoms with E-state index in [9.17, 15) is 4.79 Å². The largest absolute Gasteiger partial charge is 0.299 e. The molecule has 0 fully saturated rings. The van der Waals surface area contributed by atoms with Gasteiger partial charge in [0.15, 0.2) is 0 Å². The smallest absolute Gasteiger partial charge is 0.139 e. The van der Waals surface area contributed by atoms with E-state index in [1.165, 1.54) is 116 Å². The molecule has 0 spiro atoms. The zero-order chi connectivity index (χ0) is 22.3. The molecule has 1 nitrogen and oxygen atoms in total. The van der Waals surface area contributed by atoms with Gasteiger partial charge in [0.25, 0.3) is 0 Å². The van der Waals surface area contributed by atoms with Gasteiger partial charge < -0.3 is 0 Å². The monoisotopic (exact) mass is 422 g/mol. The number of carbonyl (C=O) groups is 1. The summed E-state index contributed by atoms with van der Waals surface area (Å²) in [5, 5.41) is 0. The molecule has 0 rings (SSSR count). The highest BCUT2D eigenvalue weighted by atomic mass is 16.1. The van der Waals surface area contributed by atoms with Crippen LogP contribution in [0.3, 0.4) is 0 Å². The number of Topliss-reactive ketones (excluding diaryl/α,β-unsaturated/α-hetero) is 1. The lowest BCUT2D eigenvalue weighted by molar-refractivity contribution is -0.127. The molecule has 2 unspecified atom stereocenters. The lowest BCUT2D eigenvalue weighted by Crippen LogP contribution is -2.23. The zero-order valence-corrected chi connectivity index (χ0v) is 21.6. The Bertz CT molecular complexity index is 316. The highest BCUT2D eigenvalue weighted by molar-refractivity contribution is 5.83. The molecule has 0 aromatic heterocycles. The number of rotatable bonds is 24. The Labute approximate surface area is 191 Å². The van der Waals surface area contributed by atoms with Gasteiger partial charge in [0.1, 0.15) is 5.78 Å². The summed E-state index contributed by atoms with van der Waals surface area (Å²) in [5.74, 6) is 1.26. The Morgan fingerprint density at radius 1 is 0.433 bits per heavy atom. The van der Waals surface area contributed by atoms with E-state index in [1.54, 1.807) is 0 Å². The number of ketones is 1. The van der Waals surface area contributed by atoms with Crippen LogP contribution in [0.15, 0.2) is 0 Å². The summed E-state index contributed by atoms with van der Waals surface area (Å²) in [6.07, 6.45) is 29.0. The highest BCUT2D eigenvalue weighted by Crippen LogP contribution is 2.25. The summed E-state index contributed by atoms with van der Waals surface area (Å²) in [6, 6.07) is 0. The molecule has 2 atom stereocenters.